The summed E-state index contributed by atoms with van der Waals surface area (Å²) in [5.74, 6) is 0.802. The van der Waals surface area contributed by atoms with Crippen molar-refractivity contribution in [2.45, 2.75) is 6.42 Å². The van der Waals surface area contributed by atoms with Crippen molar-refractivity contribution >= 4 is 5.69 Å². The smallest absolute Gasteiger partial charge is 0.121 e. The van der Waals surface area contributed by atoms with Crippen molar-refractivity contribution in [2.75, 3.05) is 38.2 Å². The quantitative estimate of drug-likeness (QED) is 0.835. The van der Waals surface area contributed by atoms with Crippen LogP contribution < -0.4 is 15.0 Å². The lowest BCUT2D eigenvalue weighted by molar-refractivity contribution is 0.414. The molecular formula is C13H17N3O. The average Bonchev–Trinajstić information content (AvgIpc) is 2.66. The van der Waals surface area contributed by atoms with Gasteiger partial charge in [0.1, 0.15) is 11.8 Å². The summed E-state index contributed by atoms with van der Waals surface area (Å²) in [6.07, 6.45) is 1.10. The van der Waals surface area contributed by atoms with Crippen LogP contribution in [0, 0.1) is 11.3 Å². The number of benzene rings is 1. The Kier molecular flexibility index (Phi) is 3.84. The molecule has 1 fully saturated rings. The minimum atomic E-state index is 0.715. The van der Waals surface area contributed by atoms with E-state index in [1.54, 1.807) is 7.11 Å². The SMILES string of the molecule is COc1ccc(C#N)c(N2CCCNCC2)c1. The van der Waals surface area contributed by atoms with Crippen molar-refractivity contribution in [3.63, 3.8) is 0 Å². The van der Waals surface area contributed by atoms with E-state index in [9.17, 15) is 0 Å². The van der Waals surface area contributed by atoms with E-state index in [1.807, 2.05) is 18.2 Å². The Balaban J connectivity index is 2.30. The molecule has 1 aromatic rings. The van der Waals surface area contributed by atoms with Gasteiger partial charge < -0.3 is 15.0 Å². The van der Waals surface area contributed by atoms with Crippen LogP contribution in [-0.4, -0.2) is 33.3 Å². The second kappa shape index (κ2) is 5.55. The predicted molar refractivity (Wildman–Crippen MR) is 67.4 cm³/mol. The second-order valence-electron chi connectivity index (χ2n) is 4.09. The number of ether oxygens (including phenoxy) is 1. The van der Waals surface area contributed by atoms with Gasteiger partial charge in [0.15, 0.2) is 0 Å². The maximum absolute atomic E-state index is 9.15. The third-order valence-corrected chi connectivity index (χ3v) is 3.01. The molecule has 1 heterocycles. The maximum Gasteiger partial charge on any atom is 0.121 e. The van der Waals surface area contributed by atoms with Crippen LogP contribution in [0.25, 0.3) is 0 Å². The van der Waals surface area contributed by atoms with Crippen LogP contribution in [0.1, 0.15) is 12.0 Å². The average molecular weight is 231 g/mol. The third-order valence-electron chi connectivity index (χ3n) is 3.01. The van der Waals surface area contributed by atoms with Gasteiger partial charge in [-0.15, -0.1) is 0 Å². The van der Waals surface area contributed by atoms with Crippen LogP contribution in [0.2, 0.25) is 0 Å². The van der Waals surface area contributed by atoms with E-state index >= 15 is 0 Å². The number of methoxy groups -OCH3 is 1. The lowest BCUT2D eigenvalue weighted by Gasteiger charge is -2.23. The molecule has 1 N–H and O–H groups in total. The van der Waals surface area contributed by atoms with Crippen LogP contribution in [0.5, 0.6) is 5.75 Å². The van der Waals surface area contributed by atoms with Gasteiger partial charge in [0, 0.05) is 25.7 Å². The fourth-order valence-corrected chi connectivity index (χ4v) is 2.08. The van der Waals surface area contributed by atoms with Crippen molar-refractivity contribution in [2.24, 2.45) is 0 Å². The van der Waals surface area contributed by atoms with Crippen molar-refractivity contribution in [1.29, 1.82) is 5.26 Å². The van der Waals surface area contributed by atoms with Crippen LogP contribution in [0.3, 0.4) is 0 Å². The summed E-state index contributed by atoms with van der Waals surface area (Å²) >= 11 is 0. The molecule has 0 bridgehead atoms. The zero-order chi connectivity index (χ0) is 12.1. The fourth-order valence-electron chi connectivity index (χ4n) is 2.08. The summed E-state index contributed by atoms with van der Waals surface area (Å²) < 4.78 is 5.22. The van der Waals surface area contributed by atoms with E-state index in [2.05, 4.69) is 16.3 Å². The molecule has 1 aromatic carbocycles. The first-order valence-corrected chi connectivity index (χ1v) is 5.89. The molecule has 0 atom stereocenters. The molecule has 90 valence electrons. The predicted octanol–water partition coefficient (Wildman–Crippen LogP) is 1.37. The second-order valence-corrected chi connectivity index (χ2v) is 4.09. The largest absolute Gasteiger partial charge is 0.497 e. The maximum atomic E-state index is 9.15. The van der Waals surface area contributed by atoms with Crippen LogP contribution in [0.15, 0.2) is 18.2 Å². The number of nitrogens with zero attached hydrogens (tertiary/aromatic N) is 2. The summed E-state index contributed by atoms with van der Waals surface area (Å²) in [6, 6.07) is 7.85. The number of hydrogen-bond acceptors (Lipinski definition) is 4. The Morgan fingerprint density at radius 1 is 1.35 bits per heavy atom. The Morgan fingerprint density at radius 2 is 2.24 bits per heavy atom. The van der Waals surface area contributed by atoms with Gasteiger partial charge in [-0.05, 0) is 25.1 Å². The van der Waals surface area contributed by atoms with Gasteiger partial charge in [-0.1, -0.05) is 0 Å². The molecule has 4 heteroatoms. The molecule has 17 heavy (non-hydrogen) atoms. The van der Waals surface area contributed by atoms with Crippen molar-refractivity contribution in [3.05, 3.63) is 23.8 Å². The molecule has 4 nitrogen and oxygen atoms in total. The van der Waals surface area contributed by atoms with E-state index in [-0.39, 0.29) is 0 Å². The van der Waals surface area contributed by atoms with Gasteiger partial charge in [0.2, 0.25) is 0 Å². The molecule has 0 saturated carbocycles. The van der Waals surface area contributed by atoms with Gasteiger partial charge in [-0.25, -0.2) is 0 Å². The number of nitriles is 1. The van der Waals surface area contributed by atoms with Crippen LogP contribution >= 0.6 is 0 Å². The first-order valence-electron chi connectivity index (χ1n) is 5.89. The van der Waals surface area contributed by atoms with Crippen LogP contribution in [-0.2, 0) is 0 Å². The molecule has 0 aliphatic carbocycles. The molecular weight excluding hydrogens is 214 g/mol. The Hall–Kier alpha value is -1.73. The van der Waals surface area contributed by atoms with Crippen molar-refractivity contribution in [1.82, 2.24) is 5.32 Å². The van der Waals surface area contributed by atoms with E-state index in [1.165, 1.54) is 0 Å². The lowest BCUT2D eigenvalue weighted by atomic mass is 10.1. The summed E-state index contributed by atoms with van der Waals surface area (Å²) in [6.45, 7) is 3.92. The van der Waals surface area contributed by atoms with Gasteiger partial charge >= 0.3 is 0 Å². The zero-order valence-corrected chi connectivity index (χ0v) is 10.1. The molecule has 0 unspecified atom stereocenters. The minimum absolute atomic E-state index is 0.715. The first kappa shape index (κ1) is 11.7. The molecule has 0 aromatic heterocycles. The number of anilines is 1. The van der Waals surface area contributed by atoms with E-state index in [0.717, 1.165) is 44.0 Å². The number of nitrogens with one attached hydrogen (secondary N) is 1. The highest BCUT2D eigenvalue weighted by atomic mass is 16.5. The van der Waals surface area contributed by atoms with E-state index in [0.29, 0.717) is 5.56 Å². The zero-order valence-electron chi connectivity index (χ0n) is 10.1. The molecule has 0 spiro atoms. The molecule has 2 rings (SSSR count). The highest BCUT2D eigenvalue weighted by molar-refractivity contribution is 5.62. The highest BCUT2D eigenvalue weighted by Gasteiger charge is 2.14. The minimum Gasteiger partial charge on any atom is -0.497 e. The molecule has 1 saturated heterocycles. The van der Waals surface area contributed by atoms with Crippen molar-refractivity contribution in [3.8, 4) is 11.8 Å². The summed E-state index contributed by atoms with van der Waals surface area (Å²) in [5, 5.41) is 12.5. The molecule has 0 radical (unpaired) electrons. The van der Waals surface area contributed by atoms with Gasteiger partial charge in [-0.2, -0.15) is 5.26 Å². The van der Waals surface area contributed by atoms with Crippen LogP contribution in [0.4, 0.5) is 5.69 Å². The van der Waals surface area contributed by atoms with Gasteiger partial charge in [0.25, 0.3) is 0 Å². The summed E-state index contributed by atoms with van der Waals surface area (Å²) in [7, 11) is 1.65. The van der Waals surface area contributed by atoms with Gasteiger partial charge in [-0.3, -0.25) is 0 Å². The van der Waals surface area contributed by atoms with Gasteiger partial charge in [0.05, 0.1) is 18.4 Å². The first-order chi connectivity index (χ1) is 8.35. The van der Waals surface area contributed by atoms with E-state index < -0.39 is 0 Å². The lowest BCUT2D eigenvalue weighted by Crippen LogP contribution is -2.28. The molecule has 1 aliphatic heterocycles. The molecule has 1 aliphatic rings. The summed E-state index contributed by atoms with van der Waals surface area (Å²) in [4.78, 5) is 2.25. The highest BCUT2D eigenvalue weighted by Crippen LogP contribution is 2.26. The molecule has 0 amide bonds. The number of hydrogen-bond donors (Lipinski definition) is 1. The monoisotopic (exact) mass is 231 g/mol. The Labute approximate surface area is 102 Å². The Morgan fingerprint density at radius 3 is 3.00 bits per heavy atom. The Bertz CT molecular complexity index is 417. The normalized spacial score (nSPS) is 16.1. The topological polar surface area (TPSA) is 48.3 Å². The standard InChI is InChI=1S/C13H17N3O/c1-17-12-4-3-11(10-14)13(9-12)16-7-2-5-15-6-8-16/h3-4,9,15H,2,5-8H2,1H3. The fraction of sp³-hybridized carbons (Fsp3) is 0.462. The van der Waals surface area contributed by atoms with Crippen molar-refractivity contribution < 1.29 is 4.74 Å². The van der Waals surface area contributed by atoms with E-state index in [4.69, 9.17) is 10.00 Å². The third kappa shape index (κ3) is 2.69. The number of rotatable bonds is 2. The summed E-state index contributed by atoms with van der Waals surface area (Å²) in [5.41, 5.74) is 1.70.